The van der Waals surface area contributed by atoms with Gasteiger partial charge in [0.25, 0.3) is 0 Å². The van der Waals surface area contributed by atoms with Gasteiger partial charge < -0.3 is 9.84 Å². The number of carbonyl (C=O) groups is 1. The lowest BCUT2D eigenvalue weighted by atomic mass is 9.79. The number of rotatable bonds is 4. The number of esters is 1. The van der Waals surface area contributed by atoms with Crippen LogP contribution in [0.25, 0.3) is 0 Å². The highest BCUT2D eigenvalue weighted by atomic mass is 16.5. The summed E-state index contributed by atoms with van der Waals surface area (Å²) in [5.41, 5.74) is -0.664. The zero-order valence-corrected chi connectivity index (χ0v) is 8.66. The minimum Gasteiger partial charge on any atom is -0.469 e. The topological polar surface area (TPSA) is 46.5 Å². The lowest BCUT2D eigenvalue weighted by Crippen LogP contribution is -2.39. The van der Waals surface area contributed by atoms with Crippen molar-refractivity contribution in [3.8, 4) is 0 Å². The maximum Gasteiger partial charge on any atom is 0.314 e. The average Bonchev–Trinajstić information content (AvgIpc) is 2.57. The first kappa shape index (κ1) is 11.2. The number of hydrogen-bond acceptors (Lipinski definition) is 3. The van der Waals surface area contributed by atoms with Crippen LogP contribution in [-0.4, -0.2) is 24.3 Å². The van der Waals surface area contributed by atoms with E-state index in [1.54, 1.807) is 6.08 Å². The first-order chi connectivity index (χ1) is 6.67. The van der Waals surface area contributed by atoms with Gasteiger partial charge in [0.15, 0.2) is 0 Å². The standard InChI is InChI=1S/C11H18O3/c1-3-4-7-11(10(13)14-2)8-5-6-9(11)12/h3,9,12H,1,4-8H2,2H3/t9-,11+/m0/s1. The molecule has 0 aromatic carbocycles. The van der Waals surface area contributed by atoms with Crippen LogP contribution < -0.4 is 0 Å². The monoisotopic (exact) mass is 198 g/mol. The van der Waals surface area contributed by atoms with Crippen molar-refractivity contribution in [2.45, 2.75) is 38.2 Å². The predicted molar refractivity (Wildman–Crippen MR) is 53.7 cm³/mol. The van der Waals surface area contributed by atoms with Gasteiger partial charge in [-0.05, 0) is 32.1 Å². The third kappa shape index (κ3) is 1.82. The summed E-state index contributed by atoms with van der Waals surface area (Å²) in [5.74, 6) is -0.274. The summed E-state index contributed by atoms with van der Waals surface area (Å²) in [6.45, 7) is 3.63. The van der Waals surface area contributed by atoms with E-state index in [9.17, 15) is 9.90 Å². The minimum absolute atomic E-state index is 0.274. The quantitative estimate of drug-likeness (QED) is 0.552. The fraction of sp³-hybridized carbons (Fsp3) is 0.727. The molecule has 0 radical (unpaired) electrons. The van der Waals surface area contributed by atoms with Gasteiger partial charge in [0.2, 0.25) is 0 Å². The number of ether oxygens (including phenoxy) is 1. The van der Waals surface area contributed by atoms with Crippen molar-refractivity contribution >= 4 is 5.97 Å². The molecule has 0 heterocycles. The highest BCUT2D eigenvalue weighted by molar-refractivity contribution is 5.78. The SMILES string of the molecule is C=CCC[C@@]1(C(=O)OC)CCC[C@@H]1O. The van der Waals surface area contributed by atoms with Crippen LogP contribution in [0.5, 0.6) is 0 Å². The van der Waals surface area contributed by atoms with Crippen LogP contribution in [0.15, 0.2) is 12.7 Å². The summed E-state index contributed by atoms with van der Waals surface area (Å²) in [4.78, 5) is 11.6. The van der Waals surface area contributed by atoms with Crippen molar-refractivity contribution in [2.24, 2.45) is 5.41 Å². The molecule has 0 aromatic rings. The van der Waals surface area contributed by atoms with Crippen LogP contribution in [0.2, 0.25) is 0 Å². The van der Waals surface area contributed by atoms with Crippen molar-refractivity contribution in [3.63, 3.8) is 0 Å². The smallest absolute Gasteiger partial charge is 0.314 e. The Morgan fingerprint density at radius 2 is 2.50 bits per heavy atom. The largest absolute Gasteiger partial charge is 0.469 e. The molecule has 1 rings (SSSR count). The van der Waals surface area contributed by atoms with Gasteiger partial charge >= 0.3 is 5.97 Å². The molecule has 1 aliphatic carbocycles. The third-order valence-electron chi connectivity index (χ3n) is 3.12. The molecule has 14 heavy (non-hydrogen) atoms. The second kappa shape index (κ2) is 4.60. The molecule has 1 saturated carbocycles. The number of methoxy groups -OCH3 is 1. The first-order valence-corrected chi connectivity index (χ1v) is 5.05. The van der Waals surface area contributed by atoms with Gasteiger partial charge in [-0.1, -0.05) is 6.08 Å². The number of allylic oxidation sites excluding steroid dienone is 1. The molecule has 0 unspecified atom stereocenters. The van der Waals surface area contributed by atoms with Gasteiger partial charge in [-0.25, -0.2) is 0 Å². The lowest BCUT2D eigenvalue weighted by Gasteiger charge is -2.29. The van der Waals surface area contributed by atoms with E-state index in [0.29, 0.717) is 12.8 Å². The Morgan fingerprint density at radius 3 is 2.93 bits per heavy atom. The predicted octanol–water partition coefficient (Wildman–Crippen LogP) is 1.66. The zero-order valence-electron chi connectivity index (χ0n) is 8.66. The van der Waals surface area contributed by atoms with Crippen molar-refractivity contribution in [1.82, 2.24) is 0 Å². The Kier molecular flexibility index (Phi) is 3.69. The van der Waals surface area contributed by atoms with E-state index in [-0.39, 0.29) is 5.97 Å². The molecule has 2 atom stereocenters. The summed E-state index contributed by atoms with van der Waals surface area (Å²) < 4.78 is 4.77. The highest BCUT2D eigenvalue weighted by Crippen LogP contribution is 2.43. The van der Waals surface area contributed by atoms with Crippen LogP contribution in [-0.2, 0) is 9.53 Å². The van der Waals surface area contributed by atoms with Crippen molar-refractivity contribution in [1.29, 1.82) is 0 Å². The van der Waals surface area contributed by atoms with Crippen LogP contribution >= 0.6 is 0 Å². The molecule has 0 saturated heterocycles. The Balaban J connectivity index is 2.77. The van der Waals surface area contributed by atoms with E-state index in [1.165, 1.54) is 7.11 Å². The Morgan fingerprint density at radius 1 is 1.79 bits per heavy atom. The normalized spacial score (nSPS) is 31.4. The van der Waals surface area contributed by atoms with Crippen molar-refractivity contribution < 1.29 is 14.6 Å². The second-order valence-electron chi connectivity index (χ2n) is 3.88. The fourth-order valence-electron chi connectivity index (χ4n) is 2.25. The molecule has 1 N–H and O–H groups in total. The first-order valence-electron chi connectivity index (χ1n) is 5.05. The molecule has 1 fully saturated rings. The maximum atomic E-state index is 11.6. The van der Waals surface area contributed by atoms with Crippen molar-refractivity contribution in [2.75, 3.05) is 7.11 Å². The second-order valence-corrected chi connectivity index (χ2v) is 3.88. The molecular weight excluding hydrogens is 180 g/mol. The molecule has 3 heteroatoms. The van der Waals surface area contributed by atoms with E-state index in [2.05, 4.69) is 6.58 Å². The van der Waals surface area contributed by atoms with Gasteiger partial charge in [-0.2, -0.15) is 0 Å². The van der Waals surface area contributed by atoms with Crippen molar-refractivity contribution in [3.05, 3.63) is 12.7 Å². The molecule has 0 bridgehead atoms. The average molecular weight is 198 g/mol. The zero-order chi connectivity index (χ0) is 10.6. The van der Waals surface area contributed by atoms with E-state index in [0.717, 1.165) is 19.3 Å². The Bertz CT molecular complexity index is 225. The van der Waals surface area contributed by atoms with Gasteiger partial charge in [0.1, 0.15) is 0 Å². The van der Waals surface area contributed by atoms with E-state index in [4.69, 9.17) is 4.74 Å². The van der Waals surface area contributed by atoms with Gasteiger partial charge in [-0.15, -0.1) is 6.58 Å². The van der Waals surface area contributed by atoms with Crippen LogP contribution in [0, 0.1) is 5.41 Å². The number of hydrogen-bond donors (Lipinski definition) is 1. The van der Waals surface area contributed by atoms with E-state index >= 15 is 0 Å². The summed E-state index contributed by atoms with van der Waals surface area (Å²) in [6, 6.07) is 0. The van der Waals surface area contributed by atoms with Crippen LogP contribution in [0.3, 0.4) is 0 Å². The molecule has 3 nitrogen and oxygen atoms in total. The summed E-state index contributed by atoms with van der Waals surface area (Å²) in [7, 11) is 1.38. The Hall–Kier alpha value is -0.830. The molecule has 0 aromatic heterocycles. The minimum atomic E-state index is -0.664. The number of aliphatic hydroxyl groups excluding tert-OH is 1. The van der Waals surface area contributed by atoms with E-state index < -0.39 is 11.5 Å². The molecule has 1 aliphatic rings. The maximum absolute atomic E-state index is 11.6. The van der Waals surface area contributed by atoms with E-state index in [1.807, 2.05) is 0 Å². The number of carbonyl (C=O) groups excluding carboxylic acids is 1. The van der Waals surface area contributed by atoms with Crippen LogP contribution in [0.1, 0.15) is 32.1 Å². The molecular formula is C11H18O3. The highest BCUT2D eigenvalue weighted by Gasteiger charge is 2.48. The summed E-state index contributed by atoms with van der Waals surface area (Å²) in [6.07, 6.45) is 4.94. The van der Waals surface area contributed by atoms with Crippen LogP contribution in [0.4, 0.5) is 0 Å². The summed E-state index contributed by atoms with van der Waals surface area (Å²) >= 11 is 0. The summed E-state index contributed by atoms with van der Waals surface area (Å²) in [5, 5.41) is 9.83. The fourth-order valence-corrected chi connectivity index (χ4v) is 2.25. The van der Waals surface area contributed by atoms with Gasteiger partial charge in [-0.3, -0.25) is 4.79 Å². The molecule has 0 aliphatic heterocycles. The Labute approximate surface area is 84.8 Å². The third-order valence-corrected chi connectivity index (χ3v) is 3.12. The lowest BCUT2D eigenvalue weighted by molar-refractivity contribution is -0.158. The molecule has 80 valence electrons. The molecule has 0 spiro atoms. The number of aliphatic hydroxyl groups is 1. The van der Waals surface area contributed by atoms with Gasteiger partial charge in [0.05, 0.1) is 18.6 Å². The molecule has 0 amide bonds. The van der Waals surface area contributed by atoms with Gasteiger partial charge in [0, 0.05) is 0 Å².